The molecule has 0 aliphatic rings. The first-order valence-corrected chi connectivity index (χ1v) is 44.1. The van der Waals surface area contributed by atoms with Gasteiger partial charge < -0.3 is 31.4 Å². The molecule has 0 unspecified atom stereocenters. The van der Waals surface area contributed by atoms with E-state index >= 15 is 0 Å². The molecule has 131 heavy (non-hydrogen) atoms. The van der Waals surface area contributed by atoms with Crippen LogP contribution in [0.4, 0.5) is 0 Å². The normalized spacial score (nSPS) is 11.8. The largest absolute Gasteiger partial charge is 0.455 e. The third-order valence-corrected chi connectivity index (χ3v) is 26.0. The van der Waals surface area contributed by atoms with Crippen LogP contribution >= 0.6 is 0 Å². The number of hydrogen-bond acceptors (Lipinski definition) is 8. The predicted octanol–water partition coefficient (Wildman–Crippen LogP) is 31.3. The summed E-state index contributed by atoms with van der Waals surface area (Å²) >= 11 is 0. The summed E-state index contributed by atoms with van der Waals surface area (Å²) in [6.07, 6.45) is 9.61. The zero-order valence-corrected chi connectivity index (χ0v) is 70.4. The molecular formula is C119H73N9O3. The van der Waals surface area contributed by atoms with Crippen molar-refractivity contribution in [3.8, 4) is 95.6 Å². The van der Waals surface area contributed by atoms with E-state index in [1.54, 1.807) is 0 Å². The predicted molar refractivity (Wildman–Crippen MR) is 537 cm³/mol. The molecule has 12 heteroatoms. The van der Waals surface area contributed by atoms with Crippen LogP contribution in [0.2, 0.25) is 0 Å². The molecule has 0 aliphatic heterocycles. The number of aromatic nitrogens is 9. The molecule has 0 spiro atoms. The number of nitrogens with zero attached hydrogens (tertiary/aromatic N) is 9. The van der Waals surface area contributed by atoms with Crippen molar-refractivity contribution in [1.82, 2.24) is 43.0 Å². The van der Waals surface area contributed by atoms with Crippen LogP contribution in [0.15, 0.2) is 457 Å². The average Bonchev–Trinajstić information content (AvgIpc) is 1.58. The van der Waals surface area contributed by atoms with Crippen LogP contribution in [-0.2, 0) is 0 Å². The Bertz CT molecular complexity index is 9250. The Labute approximate surface area is 749 Å². The molecular weight excluding hydrogens is 1600 g/mol. The number of imidazole rings is 1. The molecule has 17 aromatic carbocycles. The third-order valence-electron chi connectivity index (χ3n) is 26.0. The van der Waals surface area contributed by atoms with E-state index in [4.69, 9.17) is 33.2 Å². The van der Waals surface area contributed by atoms with E-state index in [1.165, 1.54) is 43.4 Å². The highest BCUT2D eigenvalue weighted by Crippen LogP contribution is 2.49. The lowest BCUT2D eigenvalue weighted by Gasteiger charge is -2.16. The van der Waals surface area contributed by atoms with Crippen molar-refractivity contribution in [2.45, 2.75) is 0 Å². The van der Waals surface area contributed by atoms with Crippen molar-refractivity contribution in [3.63, 3.8) is 0 Å². The van der Waals surface area contributed by atoms with E-state index in [-0.39, 0.29) is 0 Å². The summed E-state index contributed by atoms with van der Waals surface area (Å²) in [5, 5.41) is 17.3. The lowest BCUT2D eigenvalue weighted by atomic mass is 9.96. The number of fused-ring (bicyclic) bond motifs is 21. The van der Waals surface area contributed by atoms with Gasteiger partial charge in [-0.25, -0.2) is 15.0 Å². The minimum Gasteiger partial charge on any atom is -0.455 e. The van der Waals surface area contributed by atoms with E-state index in [2.05, 4.69) is 345 Å². The molecule has 612 valence electrons. The van der Waals surface area contributed by atoms with E-state index in [0.29, 0.717) is 5.82 Å². The monoisotopic (exact) mass is 1680 g/mol. The molecule has 11 aromatic heterocycles. The summed E-state index contributed by atoms with van der Waals surface area (Å²) in [7, 11) is 0. The van der Waals surface area contributed by atoms with Crippen molar-refractivity contribution in [3.05, 3.63) is 443 Å². The summed E-state index contributed by atoms with van der Waals surface area (Å²) in [6.45, 7) is 0. The second-order valence-corrected chi connectivity index (χ2v) is 33.3. The van der Waals surface area contributed by atoms with Crippen LogP contribution in [0, 0.1) is 0 Å². The Kier molecular flexibility index (Phi) is 17.3. The summed E-state index contributed by atoms with van der Waals surface area (Å²) < 4.78 is 29.2. The quantitative estimate of drug-likeness (QED) is 0.133. The summed E-state index contributed by atoms with van der Waals surface area (Å²) in [6, 6.07) is 145. The van der Waals surface area contributed by atoms with Crippen LogP contribution in [-0.4, -0.2) is 43.0 Å². The maximum Gasteiger partial charge on any atom is 0.160 e. The van der Waals surface area contributed by atoms with Crippen LogP contribution < -0.4 is 0 Å². The van der Waals surface area contributed by atoms with E-state index in [9.17, 15) is 0 Å². The highest BCUT2D eigenvalue weighted by atomic mass is 16.3. The molecule has 0 fully saturated rings. The maximum absolute atomic E-state index is 6.69. The van der Waals surface area contributed by atoms with Gasteiger partial charge in [-0.15, -0.1) is 0 Å². The van der Waals surface area contributed by atoms with Crippen LogP contribution in [0.25, 0.3) is 254 Å². The minimum atomic E-state index is 0.698. The fourth-order valence-electron chi connectivity index (χ4n) is 20.0. The lowest BCUT2D eigenvalue weighted by molar-refractivity contribution is 0.669. The molecule has 0 saturated carbocycles. The summed E-state index contributed by atoms with van der Waals surface area (Å²) in [5.74, 6) is 0.698. The zero-order chi connectivity index (χ0) is 86.1. The van der Waals surface area contributed by atoms with Gasteiger partial charge in [0.05, 0.1) is 72.8 Å². The molecule has 0 amide bonds. The highest BCUT2D eigenvalue weighted by molar-refractivity contribution is 6.19. The minimum absolute atomic E-state index is 0.698. The number of para-hydroxylation sites is 10. The van der Waals surface area contributed by atoms with Gasteiger partial charge >= 0.3 is 0 Å². The number of hydrogen-bond donors (Lipinski definition) is 0. The van der Waals surface area contributed by atoms with E-state index in [0.717, 1.165) is 205 Å². The molecule has 0 saturated heterocycles. The molecule has 28 rings (SSSR count). The SMILES string of the molecule is c1ccc(-c2nc(-c3ccc(-c4c(-n5c6ccccc6c6ccccc65)ccc5c4oc4ccccc45)cc3)nc3ccccc23)cc1.c1ccc2c(c1)oc1c(-c3ccc(-c4cn5ccccc5n4)cc3)c(-n3c4ccccc4c4ccccc43)ccc12.c1ccc2c(c1)oc1c(-c3ccc4ccnc(-c5ccncc5)c4c3)c(-n3c4ccccc4c4ccccc43)ccc12. The molecule has 0 aliphatic carbocycles. The lowest BCUT2D eigenvalue weighted by Crippen LogP contribution is -1.98. The van der Waals surface area contributed by atoms with Crippen molar-refractivity contribution >= 4 is 159 Å². The maximum atomic E-state index is 6.69. The number of benzene rings is 17. The van der Waals surface area contributed by atoms with E-state index < -0.39 is 0 Å². The molecule has 0 atom stereocenters. The second kappa shape index (κ2) is 30.5. The first-order chi connectivity index (χ1) is 65.0. The van der Waals surface area contributed by atoms with Gasteiger partial charge in [0, 0.05) is 145 Å². The fourth-order valence-corrected chi connectivity index (χ4v) is 20.0. The van der Waals surface area contributed by atoms with Crippen LogP contribution in [0.1, 0.15) is 0 Å². The smallest absolute Gasteiger partial charge is 0.160 e. The first-order valence-electron chi connectivity index (χ1n) is 44.1. The van der Waals surface area contributed by atoms with Crippen molar-refractivity contribution in [1.29, 1.82) is 0 Å². The molecule has 28 aromatic rings. The number of furan rings is 3. The van der Waals surface area contributed by atoms with Gasteiger partial charge in [0.2, 0.25) is 0 Å². The van der Waals surface area contributed by atoms with Gasteiger partial charge in [-0.3, -0.25) is 9.97 Å². The molecule has 0 bridgehead atoms. The van der Waals surface area contributed by atoms with E-state index in [1.807, 2.05) is 122 Å². The van der Waals surface area contributed by atoms with Crippen molar-refractivity contribution < 1.29 is 13.3 Å². The molecule has 12 nitrogen and oxygen atoms in total. The Balaban J connectivity index is 0.000000104. The first kappa shape index (κ1) is 74.5. The Morgan fingerprint density at radius 1 is 0.229 bits per heavy atom. The van der Waals surface area contributed by atoms with Gasteiger partial charge in [-0.2, -0.15) is 0 Å². The number of rotatable bonds is 10. The molecule has 11 heterocycles. The van der Waals surface area contributed by atoms with Crippen molar-refractivity contribution in [2.24, 2.45) is 0 Å². The Morgan fingerprint density at radius 2 is 0.611 bits per heavy atom. The number of pyridine rings is 3. The standard InChI is InChI=1S/C44H27N3O.C38H23N3O.C37H23N3O/c1-2-12-29(13-3-1)42-35-17-4-8-18-36(35)45-44(46-42)30-24-22-28(23-25-30)41-39(27-26-34-33-16-7-11-21-40(33)48-43(34)41)47-37-19-9-5-14-31(37)32-15-6-10-20-38(32)47;1-4-10-32-27(7-1)28-8-2-5-11-33(28)41(32)34-16-15-30-29-9-3-6-12-35(29)42-38(30)36(34)26-14-13-24-19-22-40-37(31(24)23-26)25-17-20-39-21-18-25;1-4-12-31-26(9-1)27-10-2-5-13-32(27)40(31)33-21-20-29-28-11-3-6-14-34(28)41-37(29)36(33)25-18-16-24(17-19-25)30-23-39-22-8-7-15-35(39)38-30/h1-27H;1-23H;1-23H. The highest BCUT2D eigenvalue weighted by Gasteiger charge is 2.27. The van der Waals surface area contributed by atoms with Gasteiger partial charge in [0.1, 0.15) is 39.1 Å². The van der Waals surface area contributed by atoms with Crippen LogP contribution in [0.5, 0.6) is 0 Å². The summed E-state index contributed by atoms with van der Waals surface area (Å²) in [4.78, 5) is 24.0. The topological polar surface area (TPSA) is 123 Å². The van der Waals surface area contributed by atoms with Gasteiger partial charge in [-0.1, -0.05) is 279 Å². The second-order valence-electron chi connectivity index (χ2n) is 33.3. The van der Waals surface area contributed by atoms with Gasteiger partial charge in [0.25, 0.3) is 0 Å². The Morgan fingerprint density at radius 3 is 1.08 bits per heavy atom. The van der Waals surface area contributed by atoms with Crippen LogP contribution in [0.3, 0.4) is 0 Å². The van der Waals surface area contributed by atoms with Crippen molar-refractivity contribution in [2.75, 3.05) is 0 Å². The summed E-state index contributed by atoms with van der Waals surface area (Å²) in [5.41, 5.74) is 30.8. The average molecular weight is 1680 g/mol. The fraction of sp³-hybridized carbons (Fsp3) is 0. The zero-order valence-electron chi connectivity index (χ0n) is 70.4. The Hall–Kier alpha value is -17.9. The molecule has 0 radical (unpaired) electrons. The van der Waals surface area contributed by atoms with Gasteiger partial charge in [-0.05, 0) is 156 Å². The third kappa shape index (κ3) is 12.3. The van der Waals surface area contributed by atoms with Gasteiger partial charge in [0.15, 0.2) is 5.82 Å². The molecule has 0 N–H and O–H groups in total.